The molecule has 3 aromatic rings. The molecule has 0 N–H and O–H groups in total. The van der Waals surface area contributed by atoms with Crippen LogP contribution in [-0.4, -0.2) is 42.3 Å². The highest BCUT2D eigenvalue weighted by Gasteiger charge is 2.18. The molecule has 134 valence electrons. The SMILES string of the molecule is CS(=O)(=O)c1ccc2c(c1)CCN(c1cccc(-n3ccnc3)n1)CC2. The van der Waals surface area contributed by atoms with E-state index < -0.39 is 9.84 Å². The van der Waals surface area contributed by atoms with Gasteiger partial charge in [0.05, 0.1) is 4.90 Å². The Morgan fingerprint density at radius 3 is 2.50 bits per heavy atom. The molecule has 1 aromatic carbocycles. The Kier molecular flexibility index (Phi) is 4.24. The van der Waals surface area contributed by atoms with Crippen molar-refractivity contribution < 1.29 is 8.42 Å². The number of nitrogens with zero attached hydrogens (tertiary/aromatic N) is 4. The van der Waals surface area contributed by atoms with Crippen molar-refractivity contribution >= 4 is 15.7 Å². The van der Waals surface area contributed by atoms with Gasteiger partial charge in [-0.3, -0.25) is 4.57 Å². The molecule has 2 aromatic heterocycles. The van der Waals surface area contributed by atoms with Crippen LogP contribution >= 0.6 is 0 Å². The van der Waals surface area contributed by atoms with Gasteiger partial charge in [-0.15, -0.1) is 0 Å². The third-order valence-electron chi connectivity index (χ3n) is 4.72. The highest BCUT2D eigenvalue weighted by Crippen LogP contribution is 2.23. The van der Waals surface area contributed by atoms with Crippen molar-refractivity contribution in [2.45, 2.75) is 17.7 Å². The molecule has 3 heterocycles. The van der Waals surface area contributed by atoms with Gasteiger partial charge in [0, 0.05) is 31.7 Å². The van der Waals surface area contributed by atoms with Crippen LogP contribution in [0.25, 0.3) is 5.82 Å². The zero-order chi connectivity index (χ0) is 18.1. The maximum absolute atomic E-state index is 11.8. The molecule has 1 aliphatic rings. The average molecular weight is 368 g/mol. The molecular weight excluding hydrogens is 348 g/mol. The minimum absolute atomic E-state index is 0.393. The number of hydrogen-bond acceptors (Lipinski definition) is 5. The number of imidazole rings is 1. The smallest absolute Gasteiger partial charge is 0.175 e. The molecule has 0 saturated heterocycles. The van der Waals surface area contributed by atoms with Crippen molar-refractivity contribution in [1.82, 2.24) is 14.5 Å². The van der Waals surface area contributed by atoms with Crippen LogP contribution < -0.4 is 4.90 Å². The van der Waals surface area contributed by atoms with E-state index >= 15 is 0 Å². The van der Waals surface area contributed by atoms with Crippen LogP contribution in [0.4, 0.5) is 5.82 Å². The maximum atomic E-state index is 11.8. The number of fused-ring (bicyclic) bond motifs is 1. The van der Waals surface area contributed by atoms with Gasteiger partial charge < -0.3 is 4.90 Å². The molecule has 4 rings (SSSR count). The lowest BCUT2D eigenvalue weighted by atomic mass is 10.0. The van der Waals surface area contributed by atoms with Gasteiger partial charge in [0.1, 0.15) is 18.0 Å². The summed E-state index contributed by atoms with van der Waals surface area (Å²) in [5.41, 5.74) is 2.33. The Morgan fingerprint density at radius 2 is 1.77 bits per heavy atom. The molecule has 26 heavy (non-hydrogen) atoms. The first kappa shape index (κ1) is 16.8. The van der Waals surface area contributed by atoms with E-state index in [9.17, 15) is 8.42 Å². The van der Waals surface area contributed by atoms with Crippen molar-refractivity contribution in [3.8, 4) is 5.82 Å². The number of hydrogen-bond donors (Lipinski definition) is 0. The van der Waals surface area contributed by atoms with Crippen LogP contribution in [0.15, 0.2) is 60.0 Å². The number of anilines is 1. The second kappa shape index (κ2) is 6.57. The fourth-order valence-electron chi connectivity index (χ4n) is 3.29. The number of benzene rings is 1. The summed E-state index contributed by atoms with van der Waals surface area (Å²) in [5.74, 6) is 1.76. The van der Waals surface area contributed by atoms with Gasteiger partial charge in [0.25, 0.3) is 0 Å². The number of aromatic nitrogens is 3. The molecule has 1 aliphatic heterocycles. The number of sulfone groups is 1. The lowest BCUT2D eigenvalue weighted by Crippen LogP contribution is -2.27. The van der Waals surface area contributed by atoms with Crippen molar-refractivity contribution in [2.75, 3.05) is 24.2 Å². The van der Waals surface area contributed by atoms with E-state index in [1.807, 2.05) is 41.1 Å². The molecule has 0 unspecified atom stereocenters. The van der Waals surface area contributed by atoms with E-state index in [-0.39, 0.29) is 0 Å². The Bertz CT molecular complexity index is 1030. The Balaban J connectivity index is 1.59. The lowest BCUT2D eigenvalue weighted by Gasteiger charge is -2.21. The molecule has 0 aliphatic carbocycles. The normalized spacial score (nSPS) is 14.7. The van der Waals surface area contributed by atoms with Gasteiger partial charge in [-0.05, 0) is 48.2 Å². The molecule has 7 heteroatoms. The quantitative estimate of drug-likeness (QED) is 0.709. The van der Waals surface area contributed by atoms with Gasteiger partial charge in [-0.1, -0.05) is 12.1 Å². The van der Waals surface area contributed by atoms with E-state index in [2.05, 4.69) is 9.88 Å². The number of rotatable bonds is 3. The highest BCUT2D eigenvalue weighted by atomic mass is 32.2. The summed E-state index contributed by atoms with van der Waals surface area (Å²) in [4.78, 5) is 11.5. The van der Waals surface area contributed by atoms with Gasteiger partial charge >= 0.3 is 0 Å². The largest absolute Gasteiger partial charge is 0.356 e. The Morgan fingerprint density at radius 1 is 1.00 bits per heavy atom. The highest BCUT2D eigenvalue weighted by molar-refractivity contribution is 7.90. The molecule has 0 spiro atoms. The molecule has 6 nitrogen and oxygen atoms in total. The van der Waals surface area contributed by atoms with Gasteiger partial charge in [-0.25, -0.2) is 18.4 Å². The van der Waals surface area contributed by atoms with Gasteiger partial charge in [-0.2, -0.15) is 0 Å². The van der Waals surface area contributed by atoms with Crippen LogP contribution in [0.3, 0.4) is 0 Å². The predicted molar refractivity (Wildman–Crippen MR) is 101 cm³/mol. The molecule has 0 saturated carbocycles. The van der Waals surface area contributed by atoms with E-state index in [4.69, 9.17) is 4.98 Å². The fraction of sp³-hybridized carbons (Fsp3) is 0.263. The van der Waals surface area contributed by atoms with Crippen molar-refractivity contribution in [3.63, 3.8) is 0 Å². The first-order chi connectivity index (χ1) is 12.5. The fourth-order valence-corrected chi connectivity index (χ4v) is 3.96. The topological polar surface area (TPSA) is 68.1 Å². The van der Waals surface area contributed by atoms with Crippen LogP contribution in [0.2, 0.25) is 0 Å². The second-order valence-corrected chi connectivity index (χ2v) is 8.53. The minimum Gasteiger partial charge on any atom is -0.356 e. The maximum Gasteiger partial charge on any atom is 0.175 e. The molecular formula is C19H20N4O2S. The summed E-state index contributed by atoms with van der Waals surface area (Å²) in [6, 6.07) is 11.4. The monoisotopic (exact) mass is 368 g/mol. The number of pyridine rings is 1. The summed E-state index contributed by atoms with van der Waals surface area (Å²) >= 11 is 0. The van der Waals surface area contributed by atoms with Crippen LogP contribution in [-0.2, 0) is 22.7 Å². The summed E-state index contributed by atoms with van der Waals surface area (Å²) in [7, 11) is -3.18. The summed E-state index contributed by atoms with van der Waals surface area (Å²) in [6.07, 6.45) is 8.26. The third-order valence-corrected chi connectivity index (χ3v) is 5.83. The summed E-state index contributed by atoms with van der Waals surface area (Å²) in [6.45, 7) is 1.66. The van der Waals surface area contributed by atoms with Crippen LogP contribution in [0, 0.1) is 0 Å². The molecule has 0 atom stereocenters. The Hall–Kier alpha value is -2.67. The standard InChI is InChI=1S/C19H20N4O2S/c1-26(24,25)17-6-5-15-7-10-22(11-8-16(15)13-17)18-3-2-4-19(21-18)23-12-9-20-14-23/h2-6,9,12-14H,7-8,10-11H2,1H3. The predicted octanol–water partition coefficient (Wildman–Crippen LogP) is 2.28. The van der Waals surface area contributed by atoms with Crippen LogP contribution in [0.5, 0.6) is 0 Å². The zero-order valence-electron chi connectivity index (χ0n) is 14.5. The van der Waals surface area contributed by atoms with Gasteiger partial charge in [0.15, 0.2) is 9.84 Å². The van der Waals surface area contributed by atoms with Crippen molar-refractivity contribution in [2.24, 2.45) is 0 Å². The second-order valence-electron chi connectivity index (χ2n) is 6.51. The first-order valence-corrected chi connectivity index (χ1v) is 10.4. The molecule has 0 amide bonds. The van der Waals surface area contributed by atoms with Crippen molar-refractivity contribution in [3.05, 3.63) is 66.2 Å². The van der Waals surface area contributed by atoms with Gasteiger partial charge in [0.2, 0.25) is 0 Å². The summed E-state index contributed by atoms with van der Waals surface area (Å²) in [5, 5.41) is 0. The summed E-state index contributed by atoms with van der Waals surface area (Å²) < 4.78 is 25.5. The van der Waals surface area contributed by atoms with E-state index in [1.54, 1.807) is 18.6 Å². The third kappa shape index (κ3) is 3.35. The molecule has 0 radical (unpaired) electrons. The van der Waals surface area contributed by atoms with E-state index in [0.717, 1.165) is 43.1 Å². The van der Waals surface area contributed by atoms with E-state index in [1.165, 1.54) is 11.8 Å². The first-order valence-electron chi connectivity index (χ1n) is 8.53. The van der Waals surface area contributed by atoms with Crippen LogP contribution in [0.1, 0.15) is 11.1 Å². The molecule has 0 fully saturated rings. The van der Waals surface area contributed by atoms with Crippen molar-refractivity contribution in [1.29, 1.82) is 0 Å². The van der Waals surface area contributed by atoms with E-state index in [0.29, 0.717) is 4.90 Å². The minimum atomic E-state index is -3.18. The Labute approximate surface area is 153 Å². The molecule has 0 bridgehead atoms. The zero-order valence-corrected chi connectivity index (χ0v) is 15.4. The average Bonchev–Trinajstić information content (AvgIpc) is 3.08. The lowest BCUT2D eigenvalue weighted by molar-refractivity contribution is 0.601.